The van der Waals surface area contributed by atoms with Gasteiger partial charge in [-0.2, -0.15) is 10.1 Å². The molecule has 0 unspecified atom stereocenters. The van der Waals surface area contributed by atoms with Crippen LogP contribution in [0.5, 0.6) is 0 Å². The highest BCUT2D eigenvalue weighted by molar-refractivity contribution is 9.10. The van der Waals surface area contributed by atoms with Gasteiger partial charge in [0.2, 0.25) is 5.95 Å². The molecule has 0 aliphatic carbocycles. The molecule has 24 heavy (non-hydrogen) atoms. The Morgan fingerprint density at radius 3 is 2.38 bits per heavy atom. The van der Waals surface area contributed by atoms with Gasteiger partial charge in [-0.25, -0.2) is 0 Å². The minimum atomic E-state index is 0.452. The fraction of sp³-hybridized carbons (Fsp3) is 0.167. The van der Waals surface area contributed by atoms with Gasteiger partial charge in [0.15, 0.2) is 5.82 Å². The Morgan fingerprint density at radius 2 is 1.67 bits per heavy atom. The molecule has 3 aromatic rings. The molecule has 6 heteroatoms. The number of hydrogen-bond donors (Lipinski definition) is 2. The van der Waals surface area contributed by atoms with E-state index < -0.39 is 0 Å². The summed E-state index contributed by atoms with van der Waals surface area (Å²) >= 11 is 3.50. The summed E-state index contributed by atoms with van der Waals surface area (Å²) in [7, 11) is 0. The van der Waals surface area contributed by atoms with Crippen molar-refractivity contribution in [1.82, 2.24) is 15.2 Å². The van der Waals surface area contributed by atoms with Crippen molar-refractivity contribution in [2.45, 2.75) is 20.8 Å². The highest BCUT2D eigenvalue weighted by atomic mass is 79.9. The Labute approximate surface area is 149 Å². The standard InChI is InChI=1S/C18H18BrN5/c1-11-5-4-6-12(2)17(11)22-16-10-20-24-18(23-16)21-14-7-8-15(19)13(3)9-14/h4-10H,1-3H3,(H2,21,22,23,24). The molecule has 122 valence electrons. The lowest BCUT2D eigenvalue weighted by molar-refractivity contribution is 0.981. The van der Waals surface area contributed by atoms with Crippen LogP contribution in [0.2, 0.25) is 0 Å². The maximum absolute atomic E-state index is 4.49. The molecule has 0 amide bonds. The smallest absolute Gasteiger partial charge is 0.249 e. The summed E-state index contributed by atoms with van der Waals surface area (Å²) in [5, 5.41) is 14.6. The van der Waals surface area contributed by atoms with E-state index in [4.69, 9.17) is 0 Å². The molecule has 0 aliphatic heterocycles. The van der Waals surface area contributed by atoms with E-state index in [1.165, 1.54) is 0 Å². The van der Waals surface area contributed by atoms with Crippen LogP contribution in [0.15, 0.2) is 47.1 Å². The summed E-state index contributed by atoms with van der Waals surface area (Å²) in [5.41, 5.74) is 5.42. The van der Waals surface area contributed by atoms with E-state index in [-0.39, 0.29) is 0 Å². The summed E-state index contributed by atoms with van der Waals surface area (Å²) in [6.07, 6.45) is 1.61. The molecule has 5 nitrogen and oxygen atoms in total. The summed E-state index contributed by atoms with van der Waals surface area (Å²) in [5.74, 6) is 1.10. The molecule has 0 aliphatic rings. The quantitative estimate of drug-likeness (QED) is 0.659. The number of nitrogens with zero attached hydrogens (tertiary/aromatic N) is 3. The average Bonchev–Trinajstić information content (AvgIpc) is 2.55. The predicted molar refractivity (Wildman–Crippen MR) is 101 cm³/mol. The van der Waals surface area contributed by atoms with Crippen LogP contribution in [-0.2, 0) is 0 Å². The predicted octanol–water partition coefficient (Wildman–Crippen LogP) is 5.05. The lowest BCUT2D eigenvalue weighted by Gasteiger charge is -2.12. The van der Waals surface area contributed by atoms with E-state index in [0.29, 0.717) is 11.8 Å². The van der Waals surface area contributed by atoms with E-state index in [1.807, 2.05) is 31.2 Å². The number of aryl methyl sites for hydroxylation is 3. The van der Waals surface area contributed by atoms with Crippen LogP contribution in [-0.4, -0.2) is 15.2 Å². The van der Waals surface area contributed by atoms with Crippen molar-refractivity contribution in [3.8, 4) is 0 Å². The Balaban J connectivity index is 1.82. The third-order valence-electron chi connectivity index (χ3n) is 3.71. The number of nitrogens with one attached hydrogen (secondary N) is 2. The Morgan fingerprint density at radius 1 is 0.917 bits per heavy atom. The summed E-state index contributed by atoms with van der Waals surface area (Å²) in [6, 6.07) is 12.1. The number of halogens is 1. The molecule has 0 radical (unpaired) electrons. The molecule has 1 aromatic heterocycles. The van der Waals surface area contributed by atoms with Crippen LogP contribution in [0.4, 0.5) is 23.1 Å². The molecule has 0 saturated carbocycles. The van der Waals surface area contributed by atoms with Gasteiger partial charge in [-0.3, -0.25) is 0 Å². The molecule has 0 bridgehead atoms. The normalized spacial score (nSPS) is 10.5. The van der Waals surface area contributed by atoms with Crippen molar-refractivity contribution in [3.63, 3.8) is 0 Å². The van der Waals surface area contributed by atoms with Gasteiger partial charge in [-0.05, 0) is 55.7 Å². The van der Waals surface area contributed by atoms with Crippen molar-refractivity contribution >= 4 is 39.1 Å². The number of anilines is 4. The van der Waals surface area contributed by atoms with E-state index in [1.54, 1.807) is 6.20 Å². The SMILES string of the molecule is Cc1cc(Nc2nncc(Nc3c(C)cccc3C)n2)ccc1Br. The molecule has 0 atom stereocenters. The maximum Gasteiger partial charge on any atom is 0.249 e. The first-order valence-electron chi connectivity index (χ1n) is 7.59. The molecule has 3 rings (SSSR count). The van der Waals surface area contributed by atoms with E-state index in [9.17, 15) is 0 Å². The summed E-state index contributed by atoms with van der Waals surface area (Å²) in [6.45, 7) is 6.16. The van der Waals surface area contributed by atoms with Crippen LogP contribution in [0, 0.1) is 20.8 Å². The average molecular weight is 384 g/mol. The molecule has 1 heterocycles. The first kappa shape index (κ1) is 16.4. The second kappa shape index (κ2) is 6.97. The fourth-order valence-corrected chi connectivity index (χ4v) is 2.65. The fourth-order valence-electron chi connectivity index (χ4n) is 2.41. The van der Waals surface area contributed by atoms with Gasteiger partial charge in [0.1, 0.15) is 0 Å². The lowest BCUT2D eigenvalue weighted by atomic mass is 10.1. The Bertz CT molecular complexity index is 859. The molecule has 2 N–H and O–H groups in total. The molecule has 0 fully saturated rings. The van der Waals surface area contributed by atoms with Crippen LogP contribution in [0.25, 0.3) is 0 Å². The summed E-state index contributed by atoms with van der Waals surface area (Å²) in [4.78, 5) is 4.49. The van der Waals surface area contributed by atoms with Crippen molar-refractivity contribution in [3.05, 3.63) is 63.8 Å². The zero-order valence-corrected chi connectivity index (χ0v) is 15.3. The first-order chi connectivity index (χ1) is 11.5. The van der Waals surface area contributed by atoms with Gasteiger partial charge in [-0.1, -0.05) is 34.1 Å². The van der Waals surface area contributed by atoms with Crippen molar-refractivity contribution < 1.29 is 0 Å². The minimum absolute atomic E-state index is 0.452. The third-order valence-corrected chi connectivity index (χ3v) is 4.60. The van der Waals surface area contributed by atoms with Crippen LogP contribution >= 0.6 is 15.9 Å². The number of rotatable bonds is 4. The monoisotopic (exact) mass is 383 g/mol. The molecule has 0 spiro atoms. The van der Waals surface area contributed by atoms with Crippen molar-refractivity contribution in [2.24, 2.45) is 0 Å². The van der Waals surface area contributed by atoms with Crippen LogP contribution in [0.1, 0.15) is 16.7 Å². The van der Waals surface area contributed by atoms with E-state index >= 15 is 0 Å². The topological polar surface area (TPSA) is 62.7 Å². The highest BCUT2D eigenvalue weighted by Crippen LogP contribution is 2.24. The van der Waals surface area contributed by atoms with Crippen LogP contribution < -0.4 is 10.6 Å². The second-order valence-corrected chi connectivity index (χ2v) is 6.50. The third kappa shape index (κ3) is 3.71. The van der Waals surface area contributed by atoms with Gasteiger partial charge in [0.25, 0.3) is 0 Å². The minimum Gasteiger partial charge on any atom is -0.338 e. The van der Waals surface area contributed by atoms with Crippen LogP contribution in [0.3, 0.4) is 0 Å². The maximum atomic E-state index is 4.49. The zero-order valence-electron chi connectivity index (χ0n) is 13.8. The van der Waals surface area contributed by atoms with Gasteiger partial charge < -0.3 is 10.6 Å². The van der Waals surface area contributed by atoms with Gasteiger partial charge in [0, 0.05) is 15.8 Å². The van der Waals surface area contributed by atoms with Gasteiger partial charge >= 0.3 is 0 Å². The molecular formula is C18H18BrN5. The Hall–Kier alpha value is -2.47. The largest absolute Gasteiger partial charge is 0.338 e. The second-order valence-electron chi connectivity index (χ2n) is 5.65. The summed E-state index contributed by atoms with van der Waals surface area (Å²) < 4.78 is 1.07. The highest BCUT2D eigenvalue weighted by Gasteiger charge is 2.06. The van der Waals surface area contributed by atoms with Gasteiger partial charge in [-0.15, -0.1) is 5.10 Å². The Kier molecular flexibility index (Phi) is 4.76. The number of hydrogen-bond acceptors (Lipinski definition) is 5. The van der Waals surface area contributed by atoms with E-state index in [0.717, 1.165) is 32.5 Å². The van der Waals surface area contributed by atoms with Crippen molar-refractivity contribution in [1.29, 1.82) is 0 Å². The van der Waals surface area contributed by atoms with Crippen molar-refractivity contribution in [2.75, 3.05) is 10.6 Å². The number of aromatic nitrogens is 3. The molecular weight excluding hydrogens is 366 g/mol. The number of para-hydroxylation sites is 1. The zero-order chi connectivity index (χ0) is 17.1. The van der Waals surface area contributed by atoms with E-state index in [2.05, 4.69) is 67.7 Å². The first-order valence-corrected chi connectivity index (χ1v) is 8.38. The lowest BCUT2D eigenvalue weighted by Crippen LogP contribution is -2.04. The molecule has 0 saturated heterocycles. The van der Waals surface area contributed by atoms with Gasteiger partial charge in [0.05, 0.1) is 6.20 Å². The molecule has 2 aromatic carbocycles. The number of benzene rings is 2.